The quantitative estimate of drug-likeness (QED) is 0.168. The van der Waals surface area contributed by atoms with Gasteiger partial charge in [0.05, 0.1) is 6.10 Å². The Kier molecular flexibility index (Phi) is 15.4. The molecule has 1 atom stereocenters. The van der Waals surface area contributed by atoms with E-state index >= 15 is 0 Å². The van der Waals surface area contributed by atoms with E-state index in [1.54, 1.807) is 0 Å². The van der Waals surface area contributed by atoms with Gasteiger partial charge in [-0.25, -0.2) is 4.89 Å². The van der Waals surface area contributed by atoms with Crippen molar-refractivity contribution >= 4 is 0 Å². The lowest BCUT2D eigenvalue weighted by Crippen LogP contribution is -2.10. The van der Waals surface area contributed by atoms with Crippen molar-refractivity contribution in [2.24, 2.45) is 0 Å². The van der Waals surface area contributed by atoms with Crippen molar-refractivity contribution < 1.29 is 10.1 Å². The molecule has 0 radical (unpaired) electrons. The van der Waals surface area contributed by atoms with Gasteiger partial charge in [0.25, 0.3) is 0 Å². The van der Waals surface area contributed by atoms with Crippen LogP contribution in [0.3, 0.4) is 0 Å². The third-order valence-electron chi connectivity index (χ3n) is 3.71. The summed E-state index contributed by atoms with van der Waals surface area (Å²) >= 11 is 0. The van der Waals surface area contributed by atoms with Crippen LogP contribution in [0.2, 0.25) is 0 Å². The summed E-state index contributed by atoms with van der Waals surface area (Å²) in [5.41, 5.74) is 0. The van der Waals surface area contributed by atoms with Crippen molar-refractivity contribution in [3.8, 4) is 0 Å². The Balaban J connectivity index is 3.24. The fraction of sp³-hybridized carbons (Fsp3) is 0.882. The maximum absolute atomic E-state index is 8.82. The lowest BCUT2D eigenvalue weighted by Gasteiger charge is -2.12. The van der Waals surface area contributed by atoms with Crippen LogP contribution in [0, 0.1) is 0 Å². The highest BCUT2D eigenvalue weighted by molar-refractivity contribution is 4.67. The molecule has 0 aromatic carbocycles. The van der Waals surface area contributed by atoms with Crippen LogP contribution in [-0.4, -0.2) is 11.4 Å². The third kappa shape index (κ3) is 13.9. The molecule has 0 bridgehead atoms. The van der Waals surface area contributed by atoms with Gasteiger partial charge >= 0.3 is 0 Å². The molecule has 0 aliphatic heterocycles. The van der Waals surface area contributed by atoms with E-state index in [0.717, 1.165) is 25.7 Å². The highest BCUT2D eigenvalue weighted by atomic mass is 17.1. The van der Waals surface area contributed by atoms with Gasteiger partial charge in [-0.15, -0.1) is 6.58 Å². The minimum Gasteiger partial charge on any atom is -0.252 e. The summed E-state index contributed by atoms with van der Waals surface area (Å²) in [5.74, 6) is 0. The van der Waals surface area contributed by atoms with Crippen LogP contribution in [0.25, 0.3) is 0 Å². The molecule has 0 saturated heterocycles. The van der Waals surface area contributed by atoms with Crippen LogP contribution in [0.1, 0.15) is 90.4 Å². The second kappa shape index (κ2) is 15.7. The van der Waals surface area contributed by atoms with Crippen molar-refractivity contribution in [3.05, 3.63) is 12.7 Å². The molecule has 0 rings (SSSR count). The number of unbranched alkanes of at least 4 members (excludes halogenated alkanes) is 9. The van der Waals surface area contributed by atoms with Crippen LogP contribution >= 0.6 is 0 Å². The lowest BCUT2D eigenvalue weighted by atomic mass is 10.0. The molecule has 0 amide bonds. The van der Waals surface area contributed by atoms with Gasteiger partial charge in [-0.3, -0.25) is 5.26 Å². The molecule has 2 heteroatoms. The van der Waals surface area contributed by atoms with Crippen molar-refractivity contribution in [1.29, 1.82) is 0 Å². The molecule has 0 aromatic heterocycles. The monoisotopic (exact) mass is 270 g/mol. The van der Waals surface area contributed by atoms with Crippen LogP contribution < -0.4 is 0 Å². The standard InChI is InChI=1S/C17H34O2/c1-3-5-7-8-9-10-11-12-14-16-17(19-18)15-13-6-4-2/h4,17-18H,2-3,5-16H2,1H3. The fourth-order valence-electron chi connectivity index (χ4n) is 2.42. The Morgan fingerprint density at radius 2 is 1.42 bits per heavy atom. The molecule has 0 heterocycles. The Morgan fingerprint density at radius 1 is 0.895 bits per heavy atom. The Hall–Kier alpha value is -0.340. The van der Waals surface area contributed by atoms with E-state index in [1.165, 1.54) is 57.8 Å². The van der Waals surface area contributed by atoms with Crippen LogP contribution in [-0.2, 0) is 4.89 Å². The minimum atomic E-state index is 0.0319. The molecule has 0 spiro atoms. The van der Waals surface area contributed by atoms with Crippen LogP contribution in [0.5, 0.6) is 0 Å². The van der Waals surface area contributed by atoms with Gasteiger partial charge in [-0.2, -0.15) is 0 Å². The molecule has 2 nitrogen and oxygen atoms in total. The smallest absolute Gasteiger partial charge is 0.0927 e. The molecule has 1 unspecified atom stereocenters. The topological polar surface area (TPSA) is 29.5 Å². The maximum Gasteiger partial charge on any atom is 0.0927 e. The molecule has 0 aromatic rings. The summed E-state index contributed by atoms with van der Waals surface area (Å²) in [5, 5.41) is 8.82. The number of hydrogen-bond acceptors (Lipinski definition) is 2. The number of hydrogen-bond donors (Lipinski definition) is 1. The first-order valence-electron chi connectivity index (χ1n) is 8.26. The second-order valence-electron chi connectivity index (χ2n) is 5.56. The second-order valence-corrected chi connectivity index (χ2v) is 5.56. The summed E-state index contributed by atoms with van der Waals surface area (Å²) in [6.45, 7) is 5.96. The average Bonchev–Trinajstić information content (AvgIpc) is 2.43. The van der Waals surface area contributed by atoms with E-state index in [0.29, 0.717) is 0 Å². The molecule has 0 saturated carbocycles. The van der Waals surface area contributed by atoms with Crippen molar-refractivity contribution in [1.82, 2.24) is 0 Å². The number of allylic oxidation sites excluding steroid dienone is 1. The zero-order valence-electron chi connectivity index (χ0n) is 12.9. The first-order chi connectivity index (χ1) is 9.35. The largest absolute Gasteiger partial charge is 0.252 e. The molecule has 114 valence electrons. The first kappa shape index (κ1) is 18.7. The van der Waals surface area contributed by atoms with Gasteiger partial charge in [0.15, 0.2) is 0 Å². The normalized spacial score (nSPS) is 12.5. The molecular formula is C17H34O2. The van der Waals surface area contributed by atoms with Crippen LogP contribution in [0.15, 0.2) is 12.7 Å². The summed E-state index contributed by atoms with van der Waals surface area (Å²) in [6, 6.07) is 0. The number of rotatable bonds is 15. The minimum absolute atomic E-state index is 0.0319. The molecule has 0 fully saturated rings. The molecule has 1 N–H and O–H groups in total. The Morgan fingerprint density at radius 3 is 1.95 bits per heavy atom. The predicted octanol–water partition coefficient (Wildman–Crippen LogP) is 6.12. The van der Waals surface area contributed by atoms with E-state index in [1.807, 2.05) is 6.08 Å². The zero-order chi connectivity index (χ0) is 14.2. The predicted molar refractivity (Wildman–Crippen MR) is 83.4 cm³/mol. The van der Waals surface area contributed by atoms with Crippen LogP contribution in [0.4, 0.5) is 0 Å². The van der Waals surface area contributed by atoms with Gasteiger partial charge in [0.2, 0.25) is 0 Å². The van der Waals surface area contributed by atoms with Gasteiger partial charge in [-0.1, -0.05) is 70.8 Å². The summed E-state index contributed by atoms with van der Waals surface area (Å²) in [4.78, 5) is 4.53. The third-order valence-corrected chi connectivity index (χ3v) is 3.71. The average molecular weight is 270 g/mol. The SMILES string of the molecule is C=CCCCC(CCCCCCCCCCC)OO. The molecule has 0 aliphatic rings. The summed E-state index contributed by atoms with van der Waals surface area (Å²) in [7, 11) is 0. The summed E-state index contributed by atoms with van der Waals surface area (Å²) in [6.07, 6.45) is 18.0. The highest BCUT2D eigenvalue weighted by Gasteiger charge is 2.07. The van der Waals surface area contributed by atoms with Gasteiger partial charge < -0.3 is 0 Å². The fourth-order valence-corrected chi connectivity index (χ4v) is 2.42. The van der Waals surface area contributed by atoms with Gasteiger partial charge in [-0.05, 0) is 25.7 Å². The van der Waals surface area contributed by atoms with Crippen molar-refractivity contribution in [3.63, 3.8) is 0 Å². The Labute approximate surface area is 120 Å². The van der Waals surface area contributed by atoms with E-state index < -0.39 is 0 Å². The van der Waals surface area contributed by atoms with E-state index in [-0.39, 0.29) is 6.10 Å². The van der Waals surface area contributed by atoms with E-state index in [4.69, 9.17) is 5.26 Å². The molecule has 0 aliphatic carbocycles. The van der Waals surface area contributed by atoms with Crippen molar-refractivity contribution in [2.75, 3.05) is 0 Å². The highest BCUT2D eigenvalue weighted by Crippen LogP contribution is 2.15. The lowest BCUT2D eigenvalue weighted by molar-refractivity contribution is -0.281. The summed E-state index contributed by atoms with van der Waals surface area (Å²) < 4.78 is 0. The van der Waals surface area contributed by atoms with Gasteiger partial charge in [0.1, 0.15) is 0 Å². The maximum atomic E-state index is 8.82. The van der Waals surface area contributed by atoms with E-state index in [9.17, 15) is 0 Å². The Bertz CT molecular complexity index is 180. The van der Waals surface area contributed by atoms with Crippen molar-refractivity contribution in [2.45, 2.75) is 96.5 Å². The van der Waals surface area contributed by atoms with Gasteiger partial charge in [0, 0.05) is 0 Å². The molecule has 19 heavy (non-hydrogen) atoms. The molecular weight excluding hydrogens is 236 g/mol. The first-order valence-corrected chi connectivity index (χ1v) is 8.26. The zero-order valence-corrected chi connectivity index (χ0v) is 12.9. The van der Waals surface area contributed by atoms with E-state index in [2.05, 4.69) is 18.4 Å².